The van der Waals surface area contributed by atoms with Crippen molar-refractivity contribution in [3.8, 4) is 0 Å². The molecule has 2 aromatic rings. The monoisotopic (exact) mass is 343 g/mol. The Morgan fingerprint density at radius 1 is 1.33 bits per heavy atom. The van der Waals surface area contributed by atoms with E-state index >= 15 is 0 Å². The maximum absolute atomic E-state index is 12.3. The molecule has 0 saturated heterocycles. The van der Waals surface area contributed by atoms with Crippen LogP contribution in [-0.4, -0.2) is 17.0 Å². The molecule has 110 valence electrons. The number of aryl methyl sites for hydroxylation is 1. The normalized spacial score (nSPS) is 10.4. The van der Waals surface area contributed by atoms with E-state index in [0.717, 1.165) is 5.56 Å². The summed E-state index contributed by atoms with van der Waals surface area (Å²) in [6.45, 7) is 1.94. The maximum Gasteiger partial charge on any atom is 0.337 e. The average molecular weight is 344 g/mol. The number of anilines is 1. The van der Waals surface area contributed by atoms with Crippen molar-refractivity contribution in [2.75, 3.05) is 5.32 Å². The van der Waals surface area contributed by atoms with Crippen molar-refractivity contribution < 1.29 is 14.7 Å². The zero-order valence-electron chi connectivity index (χ0n) is 10.9. The number of benzene rings is 1. The lowest BCUT2D eigenvalue weighted by Gasteiger charge is -2.11. The van der Waals surface area contributed by atoms with Crippen molar-refractivity contribution in [1.29, 1.82) is 0 Å². The third kappa shape index (κ3) is 3.37. The van der Waals surface area contributed by atoms with Crippen LogP contribution in [0.15, 0.2) is 23.6 Å². The van der Waals surface area contributed by atoms with E-state index in [0.29, 0.717) is 11.3 Å². The Hall–Kier alpha value is -1.56. The molecule has 0 atom stereocenters. The highest BCUT2D eigenvalue weighted by atomic mass is 35.5. The Morgan fingerprint density at radius 2 is 2.05 bits per heavy atom. The second-order valence-corrected chi connectivity index (χ2v) is 5.96. The van der Waals surface area contributed by atoms with Gasteiger partial charge < -0.3 is 10.4 Å². The zero-order valence-corrected chi connectivity index (χ0v) is 13.3. The van der Waals surface area contributed by atoms with E-state index in [4.69, 9.17) is 23.2 Å². The largest absolute Gasteiger partial charge is 0.478 e. The summed E-state index contributed by atoms with van der Waals surface area (Å²) < 4.78 is 0. The second-order valence-electron chi connectivity index (χ2n) is 4.20. The maximum atomic E-state index is 12.3. The molecule has 0 saturated carbocycles. The molecule has 0 spiro atoms. The summed E-state index contributed by atoms with van der Waals surface area (Å²) in [6.07, 6.45) is 0.715. The van der Waals surface area contributed by atoms with Gasteiger partial charge in [-0.05, 0) is 35.6 Å². The van der Waals surface area contributed by atoms with Gasteiger partial charge in [-0.25, -0.2) is 4.79 Å². The van der Waals surface area contributed by atoms with Crippen molar-refractivity contribution in [2.45, 2.75) is 13.3 Å². The quantitative estimate of drug-likeness (QED) is 0.854. The predicted octanol–water partition coefficient (Wildman–Crippen LogP) is 4.57. The van der Waals surface area contributed by atoms with Gasteiger partial charge in [0.1, 0.15) is 0 Å². The fourth-order valence-electron chi connectivity index (χ4n) is 1.85. The first-order valence-electron chi connectivity index (χ1n) is 6.04. The van der Waals surface area contributed by atoms with Crippen LogP contribution >= 0.6 is 34.5 Å². The summed E-state index contributed by atoms with van der Waals surface area (Å²) in [5, 5.41) is 13.9. The molecule has 2 N–H and O–H groups in total. The van der Waals surface area contributed by atoms with Gasteiger partial charge in [-0.3, -0.25) is 4.79 Å². The first-order valence-corrected chi connectivity index (χ1v) is 7.67. The molecular weight excluding hydrogens is 333 g/mol. The van der Waals surface area contributed by atoms with Crippen molar-refractivity contribution in [3.63, 3.8) is 0 Å². The molecule has 0 aliphatic rings. The lowest BCUT2D eigenvalue weighted by Crippen LogP contribution is -2.15. The minimum Gasteiger partial charge on any atom is -0.478 e. The van der Waals surface area contributed by atoms with Crippen LogP contribution in [0.3, 0.4) is 0 Å². The predicted molar refractivity (Wildman–Crippen MR) is 85.1 cm³/mol. The second kappa shape index (κ2) is 6.47. The van der Waals surface area contributed by atoms with Crippen molar-refractivity contribution in [2.24, 2.45) is 0 Å². The molecule has 0 radical (unpaired) electrons. The number of hydrogen-bond donors (Lipinski definition) is 2. The van der Waals surface area contributed by atoms with E-state index in [1.807, 2.05) is 18.4 Å². The number of halogens is 2. The van der Waals surface area contributed by atoms with Gasteiger partial charge in [0.15, 0.2) is 0 Å². The van der Waals surface area contributed by atoms with Gasteiger partial charge >= 0.3 is 5.97 Å². The summed E-state index contributed by atoms with van der Waals surface area (Å²) in [7, 11) is 0. The number of carbonyl (C=O) groups excluding carboxylic acids is 1. The third-order valence-electron chi connectivity index (χ3n) is 2.86. The van der Waals surface area contributed by atoms with Gasteiger partial charge in [0, 0.05) is 5.02 Å². The first kappa shape index (κ1) is 15.8. The molecule has 0 aliphatic heterocycles. The Morgan fingerprint density at radius 3 is 2.67 bits per heavy atom. The number of carboxylic acids is 1. The lowest BCUT2D eigenvalue weighted by atomic mass is 10.1. The number of amides is 1. The highest BCUT2D eigenvalue weighted by molar-refractivity contribution is 7.12. The van der Waals surface area contributed by atoms with Gasteiger partial charge in [0.25, 0.3) is 5.91 Å². The smallest absolute Gasteiger partial charge is 0.337 e. The summed E-state index contributed by atoms with van der Waals surface area (Å²) in [6, 6.07) is 4.50. The Bertz CT molecular complexity index is 712. The fraction of sp³-hybridized carbons (Fsp3) is 0.143. The van der Waals surface area contributed by atoms with Gasteiger partial charge in [-0.15, -0.1) is 11.3 Å². The topological polar surface area (TPSA) is 66.4 Å². The van der Waals surface area contributed by atoms with Crippen LogP contribution in [0.4, 0.5) is 5.69 Å². The highest BCUT2D eigenvalue weighted by Crippen LogP contribution is 2.31. The van der Waals surface area contributed by atoms with E-state index in [1.54, 1.807) is 0 Å². The van der Waals surface area contributed by atoms with Crippen LogP contribution in [0.5, 0.6) is 0 Å². The van der Waals surface area contributed by atoms with Crippen LogP contribution in [0.25, 0.3) is 0 Å². The summed E-state index contributed by atoms with van der Waals surface area (Å²) in [4.78, 5) is 24.1. The molecule has 1 heterocycles. The van der Waals surface area contributed by atoms with Gasteiger partial charge in [-0.1, -0.05) is 30.1 Å². The summed E-state index contributed by atoms with van der Waals surface area (Å²) >= 11 is 13.1. The Labute approximate surface area is 135 Å². The molecule has 2 rings (SSSR count). The molecule has 1 aromatic carbocycles. The number of aromatic carboxylic acids is 1. The van der Waals surface area contributed by atoms with Crippen LogP contribution in [0.1, 0.15) is 32.5 Å². The van der Waals surface area contributed by atoms with Crippen LogP contribution in [0.2, 0.25) is 10.0 Å². The number of hydrogen-bond acceptors (Lipinski definition) is 3. The molecule has 0 unspecified atom stereocenters. The number of nitrogens with one attached hydrogen (secondary N) is 1. The number of rotatable bonds is 4. The highest BCUT2D eigenvalue weighted by Gasteiger charge is 2.19. The van der Waals surface area contributed by atoms with E-state index in [1.165, 1.54) is 23.5 Å². The standard InChI is InChI=1S/C14H11Cl2NO3S/c1-2-7-3-4-21-12(7)13(18)17-11-9(14(19)20)5-8(15)6-10(11)16/h3-6H,2H2,1H3,(H,17,18)(H,19,20). The van der Waals surface area contributed by atoms with Crippen LogP contribution in [-0.2, 0) is 6.42 Å². The molecule has 1 aromatic heterocycles. The summed E-state index contributed by atoms with van der Waals surface area (Å²) in [5.41, 5.74) is 0.809. The molecule has 0 bridgehead atoms. The minimum absolute atomic E-state index is 0.0500. The average Bonchev–Trinajstić information content (AvgIpc) is 2.89. The van der Waals surface area contributed by atoms with Crippen molar-refractivity contribution >= 4 is 52.1 Å². The number of carboxylic acid groups (broad SMARTS) is 1. The molecule has 0 fully saturated rings. The first-order chi connectivity index (χ1) is 9.93. The summed E-state index contributed by atoms with van der Waals surface area (Å²) in [5.74, 6) is -1.59. The van der Waals surface area contributed by atoms with Gasteiger partial charge in [-0.2, -0.15) is 0 Å². The minimum atomic E-state index is -1.21. The van der Waals surface area contributed by atoms with Gasteiger partial charge in [0.05, 0.1) is 21.2 Å². The third-order valence-corrected chi connectivity index (χ3v) is 4.33. The van der Waals surface area contributed by atoms with E-state index in [9.17, 15) is 14.7 Å². The van der Waals surface area contributed by atoms with Crippen LogP contribution < -0.4 is 5.32 Å². The number of thiophene rings is 1. The van der Waals surface area contributed by atoms with E-state index in [-0.39, 0.29) is 27.2 Å². The Balaban J connectivity index is 2.40. The molecule has 4 nitrogen and oxygen atoms in total. The molecule has 7 heteroatoms. The van der Waals surface area contributed by atoms with Crippen LogP contribution in [0, 0.1) is 0 Å². The molecule has 1 amide bonds. The van der Waals surface area contributed by atoms with Gasteiger partial charge in [0.2, 0.25) is 0 Å². The molecule has 21 heavy (non-hydrogen) atoms. The Kier molecular flexibility index (Phi) is 4.88. The SMILES string of the molecule is CCc1ccsc1C(=O)Nc1c(Cl)cc(Cl)cc1C(=O)O. The van der Waals surface area contributed by atoms with E-state index in [2.05, 4.69) is 5.32 Å². The molecule has 0 aliphatic carbocycles. The zero-order chi connectivity index (χ0) is 15.6. The van der Waals surface area contributed by atoms with Crippen molar-refractivity contribution in [3.05, 3.63) is 49.6 Å². The van der Waals surface area contributed by atoms with E-state index < -0.39 is 5.97 Å². The fourth-order valence-corrected chi connectivity index (χ4v) is 3.28. The number of carbonyl (C=O) groups is 2. The van der Waals surface area contributed by atoms with Crippen molar-refractivity contribution in [1.82, 2.24) is 0 Å². The molecular formula is C14H11Cl2NO3S. The lowest BCUT2D eigenvalue weighted by molar-refractivity contribution is 0.0698.